The molecule has 0 amide bonds. The van der Waals surface area contributed by atoms with E-state index in [0.29, 0.717) is 26.2 Å². The van der Waals surface area contributed by atoms with E-state index in [1.54, 1.807) is 11.0 Å². The third kappa shape index (κ3) is 2.96. The van der Waals surface area contributed by atoms with Gasteiger partial charge in [-0.1, -0.05) is 6.92 Å². The second-order valence-corrected chi connectivity index (χ2v) is 4.91. The van der Waals surface area contributed by atoms with Gasteiger partial charge in [-0.15, -0.1) is 0 Å². The molecule has 9 heteroatoms. The summed E-state index contributed by atoms with van der Waals surface area (Å²) in [6, 6.07) is 3.91. The molecule has 1 saturated heterocycles. The number of piperazine rings is 1. The minimum Gasteiger partial charge on any atom is -0.358 e. The molecule has 1 aliphatic heterocycles. The van der Waals surface area contributed by atoms with Crippen molar-refractivity contribution in [2.45, 2.75) is 6.92 Å². The maximum absolute atomic E-state index is 11.3. The second kappa shape index (κ2) is 6.36. The maximum Gasteiger partial charge on any atom is 0.300 e. The van der Waals surface area contributed by atoms with Crippen molar-refractivity contribution in [3.05, 3.63) is 37.9 Å². The molecule has 1 aromatic carbocycles. The van der Waals surface area contributed by atoms with Crippen molar-refractivity contribution in [3.63, 3.8) is 0 Å². The Morgan fingerprint density at radius 2 is 1.64 bits per heavy atom. The molecule has 1 fully saturated rings. The van der Waals surface area contributed by atoms with Crippen molar-refractivity contribution in [3.8, 4) is 6.07 Å². The number of hydrogen-bond acceptors (Lipinski definition) is 7. The van der Waals surface area contributed by atoms with E-state index >= 15 is 0 Å². The number of hydrogen-bond donors (Lipinski definition) is 0. The van der Waals surface area contributed by atoms with Crippen molar-refractivity contribution < 1.29 is 9.85 Å². The monoisotopic (exact) mass is 305 g/mol. The normalized spacial score (nSPS) is 15.4. The summed E-state index contributed by atoms with van der Waals surface area (Å²) in [5.41, 5.74) is -0.884. The van der Waals surface area contributed by atoms with Gasteiger partial charge in [0.15, 0.2) is 5.69 Å². The molecule has 1 heterocycles. The van der Waals surface area contributed by atoms with E-state index < -0.39 is 21.2 Å². The lowest BCUT2D eigenvalue weighted by Gasteiger charge is -2.34. The predicted octanol–water partition coefficient (Wildman–Crippen LogP) is 1.52. The van der Waals surface area contributed by atoms with Crippen molar-refractivity contribution in [2.24, 2.45) is 0 Å². The highest BCUT2D eigenvalue weighted by Gasteiger charge is 2.32. The van der Waals surface area contributed by atoms with E-state index in [-0.39, 0.29) is 11.3 Å². The van der Waals surface area contributed by atoms with Gasteiger partial charge in [0.25, 0.3) is 0 Å². The lowest BCUT2D eigenvalue weighted by molar-refractivity contribution is -0.392. The quantitative estimate of drug-likeness (QED) is 0.611. The lowest BCUT2D eigenvalue weighted by Crippen LogP contribution is -2.46. The van der Waals surface area contributed by atoms with Crippen LogP contribution in [-0.4, -0.2) is 47.5 Å². The number of nitriles is 1. The third-order valence-corrected chi connectivity index (χ3v) is 3.73. The number of nitro groups is 2. The first-order chi connectivity index (χ1) is 10.5. The van der Waals surface area contributed by atoms with Crippen LogP contribution in [0.15, 0.2) is 12.1 Å². The molecule has 0 aliphatic carbocycles. The Hall–Kier alpha value is -2.73. The molecule has 2 rings (SSSR count). The van der Waals surface area contributed by atoms with E-state index in [2.05, 4.69) is 4.90 Å². The average Bonchev–Trinajstić information content (AvgIpc) is 2.53. The van der Waals surface area contributed by atoms with Crippen LogP contribution in [0.4, 0.5) is 17.1 Å². The van der Waals surface area contributed by atoms with Crippen molar-refractivity contribution in [1.29, 1.82) is 5.26 Å². The minimum atomic E-state index is -0.671. The molecule has 1 aliphatic rings. The highest BCUT2D eigenvalue weighted by molar-refractivity contribution is 5.77. The standard InChI is InChI=1S/C13H15N5O4/c1-2-15-3-5-16(6-4-15)13-11(17(19)20)7-10(9-14)8-12(13)18(21)22/h7-8H,2-6H2,1H3. The lowest BCUT2D eigenvalue weighted by atomic mass is 10.1. The zero-order valence-electron chi connectivity index (χ0n) is 12.1. The van der Waals surface area contributed by atoms with Gasteiger partial charge in [0.2, 0.25) is 0 Å². The Labute approximate surface area is 126 Å². The third-order valence-electron chi connectivity index (χ3n) is 3.73. The smallest absolute Gasteiger partial charge is 0.300 e. The zero-order chi connectivity index (χ0) is 16.3. The van der Waals surface area contributed by atoms with Crippen LogP contribution >= 0.6 is 0 Å². The van der Waals surface area contributed by atoms with Crippen LogP contribution < -0.4 is 4.90 Å². The van der Waals surface area contributed by atoms with E-state index in [4.69, 9.17) is 5.26 Å². The summed E-state index contributed by atoms with van der Waals surface area (Å²) >= 11 is 0. The van der Waals surface area contributed by atoms with Gasteiger partial charge in [0, 0.05) is 38.3 Å². The Balaban J connectivity index is 2.51. The van der Waals surface area contributed by atoms with Crippen LogP contribution in [0.2, 0.25) is 0 Å². The van der Waals surface area contributed by atoms with Gasteiger partial charge in [-0.3, -0.25) is 20.2 Å². The highest BCUT2D eigenvalue weighted by Crippen LogP contribution is 2.39. The van der Waals surface area contributed by atoms with E-state index in [1.807, 2.05) is 6.92 Å². The number of likely N-dealkylation sites (N-methyl/N-ethyl adjacent to an activating group) is 1. The van der Waals surface area contributed by atoms with Crippen molar-refractivity contribution in [1.82, 2.24) is 4.90 Å². The summed E-state index contributed by atoms with van der Waals surface area (Å²) in [6.45, 7) is 5.20. The molecule has 0 saturated carbocycles. The number of nitro benzene ring substituents is 2. The Morgan fingerprint density at radius 3 is 2.00 bits per heavy atom. The summed E-state index contributed by atoms with van der Waals surface area (Å²) < 4.78 is 0. The molecule has 116 valence electrons. The van der Waals surface area contributed by atoms with Gasteiger partial charge in [0.05, 0.1) is 21.5 Å². The number of benzene rings is 1. The van der Waals surface area contributed by atoms with E-state index in [0.717, 1.165) is 18.7 Å². The van der Waals surface area contributed by atoms with Crippen LogP contribution in [0.5, 0.6) is 0 Å². The molecule has 22 heavy (non-hydrogen) atoms. The molecule has 0 unspecified atom stereocenters. The van der Waals surface area contributed by atoms with Crippen molar-refractivity contribution in [2.75, 3.05) is 37.6 Å². The zero-order valence-corrected chi connectivity index (χ0v) is 12.1. The SMILES string of the molecule is CCN1CCN(c2c([N+](=O)[O-])cc(C#N)cc2[N+](=O)[O-])CC1. The fraction of sp³-hybridized carbons (Fsp3) is 0.462. The molecule has 0 spiro atoms. The molecule has 9 nitrogen and oxygen atoms in total. The Morgan fingerprint density at radius 1 is 1.14 bits per heavy atom. The van der Waals surface area contributed by atoms with Crippen LogP contribution in [0.1, 0.15) is 12.5 Å². The fourth-order valence-corrected chi connectivity index (χ4v) is 2.56. The van der Waals surface area contributed by atoms with Crippen LogP contribution in [0.3, 0.4) is 0 Å². The minimum absolute atomic E-state index is 0.00949. The largest absolute Gasteiger partial charge is 0.358 e. The summed E-state index contributed by atoms with van der Waals surface area (Å²) in [5.74, 6) is 0. The highest BCUT2D eigenvalue weighted by atomic mass is 16.6. The summed E-state index contributed by atoms with van der Waals surface area (Å²) in [6.07, 6.45) is 0. The molecule has 0 radical (unpaired) electrons. The summed E-state index contributed by atoms with van der Waals surface area (Å²) in [4.78, 5) is 25.0. The predicted molar refractivity (Wildman–Crippen MR) is 78.8 cm³/mol. The molecule has 0 atom stereocenters. The first-order valence-electron chi connectivity index (χ1n) is 6.82. The summed E-state index contributed by atoms with van der Waals surface area (Å²) in [5, 5.41) is 31.4. The first kappa shape index (κ1) is 15.7. The molecule has 0 bridgehead atoms. The summed E-state index contributed by atoms with van der Waals surface area (Å²) in [7, 11) is 0. The fourth-order valence-electron chi connectivity index (χ4n) is 2.56. The number of nitrogens with zero attached hydrogens (tertiary/aromatic N) is 5. The van der Waals surface area contributed by atoms with Crippen LogP contribution in [0.25, 0.3) is 0 Å². The van der Waals surface area contributed by atoms with Crippen LogP contribution in [0, 0.1) is 31.6 Å². The molecule has 0 aromatic heterocycles. The Bertz CT molecular complexity index is 611. The van der Waals surface area contributed by atoms with Gasteiger partial charge in [0.1, 0.15) is 0 Å². The molecule has 1 aromatic rings. The second-order valence-electron chi connectivity index (χ2n) is 4.91. The average molecular weight is 305 g/mol. The van der Waals surface area contributed by atoms with Gasteiger partial charge in [-0.2, -0.15) is 5.26 Å². The Kier molecular flexibility index (Phi) is 4.53. The van der Waals surface area contributed by atoms with Gasteiger partial charge in [-0.25, -0.2) is 0 Å². The van der Waals surface area contributed by atoms with Gasteiger partial charge >= 0.3 is 11.4 Å². The molecular formula is C13H15N5O4. The molecular weight excluding hydrogens is 290 g/mol. The first-order valence-corrected chi connectivity index (χ1v) is 6.82. The number of anilines is 1. The van der Waals surface area contributed by atoms with Crippen molar-refractivity contribution >= 4 is 17.1 Å². The number of rotatable bonds is 4. The van der Waals surface area contributed by atoms with Gasteiger partial charge in [-0.05, 0) is 6.54 Å². The van der Waals surface area contributed by atoms with E-state index in [9.17, 15) is 20.2 Å². The molecule has 0 N–H and O–H groups in total. The maximum atomic E-state index is 11.3. The van der Waals surface area contributed by atoms with Crippen LogP contribution in [-0.2, 0) is 0 Å². The topological polar surface area (TPSA) is 117 Å². The van der Waals surface area contributed by atoms with E-state index in [1.165, 1.54) is 0 Å². The van der Waals surface area contributed by atoms with Gasteiger partial charge < -0.3 is 9.80 Å².